The lowest BCUT2D eigenvalue weighted by atomic mass is 9.93. The first kappa shape index (κ1) is 27.0. The summed E-state index contributed by atoms with van der Waals surface area (Å²) in [5, 5.41) is 1.54. The van der Waals surface area contributed by atoms with E-state index in [-0.39, 0.29) is 12.2 Å². The third-order valence-electron chi connectivity index (χ3n) is 6.83. The zero-order valence-electron chi connectivity index (χ0n) is 22.4. The molecule has 0 aliphatic carbocycles. The molecule has 0 saturated carbocycles. The number of carbonyl (C=O) groups is 1. The number of aromatic nitrogens is 2. The normalized spacial score (nSPS) is 15.4. The van der Waals surface area contributed by atoms with Gasteiger partial charge >= 0.3 is 5.97 Å². The minimum atomic E-state index is -0.797. The second-order valence-electron chi connectivity index (χ2n) is 9.19. The van der Waals surface area contributed by atoms with Gasteiger partial charge < -0.3 is 14.0 Å². The molecule has 3 heterocycles. The zero-order chi connectivity index (χ0) is 27.7. The number of benzene rings is 2. The minimum Gasteiger partial charge on any atom is -0.496 e. The fourth-order valence-corrected chi connectivity index (χ4v) is 6.32. The number of thiazole rings is 1. The van der Waals surface area contributed by atoms with E-state index in [0.29, 0.717) is 43.4 Å². The fraction of sp³-hybridized carbons (Fsp3) is 0.300. The molecule has 4 aromatic rings. The van der Waals surface area contributed by atoms with Gasteiger partial charge in [-0.05, 0) is 50.6 Å². The molecule has 9 heteroatoms. The predicted molar refractivity (Wildman–Crippen MR) is 155 cm³/mol. The van der Waals surface area contributed by atoms with Gasteiger partial charge in [0.15, 0.2) is 4.80 Å². The summed E-state index contributed by atoms with van der Waals surface area (Å²) in [7, 11) is 1.56. The van der Waals surface area contributed by atoms with Crippen LogP contribution in [0.3, 0.4) is 0 Å². The standard InChI is InChI=1S/C30H30ClN3O4S/c1-5-10-22-26(29(36)38-7-3)27(21-16-19(31)13-14-24(21)37-4)34-28(35)25(39-30(34)32-22)15-18-17-33(6-2)23-12-9-8-11-20(18)23/h8-9,11-17,27H,5-7,10H2,1-4H3/b25-15+/t27-/m0/s1. The van der Waals surface area contributed by atoms with Crippen LogP contribution in [0.15, 0.2) is 69.7 Å². The minimum absolute atomic E-state index is 0.201. The highest BCUT2D eigenvalue weighted by Crippen LogP contribution is 2.38. The molecule has 0 N–H and O–H groups in total. The number of aryl methyl sites for hydroxylation is 1. The Morgan fingerprint density at radius 3 is 2.69 bits per heavy atom. The lowest BCUT2D eigenvalue weighted by Crippen LogP contribution is -2.40. The van der Waals surface area contributed by atoms with E-state index >= 15 is 0 Å². The Labute approximate surface area is 235 Å². The molecule has 1 atom stereocenters. The summed E-state index contributed by atoms with van der Waals surface area (Å²) in [6, 6.07) is 12.5. The Hall–Kier alpha value is -3.62. The third-order valence-corrected chi connectivity index (χ3v) is 8.04. The number of halogens is 1. The van der Waals surface area contributed by atoms with Crippen LogP contribution in [0.25, 0.3) is 17.0 Å². The van der Waals surface area contributed by atoms with Crippen molar-refractivity contribution in [2.75, 3.05) is 13.7 Å². The largest absolute Gasteiger partial charge is 0.496 e. The predicted octanol–water partition coefficient (Wildman–Crippen LogP) is 5.22. The van der Waals surface area contributed by atoms with E-state index in [0.717, 1.165) is 29.4 Å². The van der Waals surface area contributed by atoms with Gasteiger partial charge in [-0.15, -0.1) is 0 Å². The summed E-state index contributed by atoms with van der Waals surface area (Å²) in [5.74, 6) is 0.0153. The maximum absolute atomic E-state index is 14.1. The Bertz CT molecular complexity index is 1780. The van der Waals surface area contributed by atoms with Gasteiger partial charge in [-0.1, -0.05) is 54.5 Å². The molecule has 5 rings (SSSR count). The molecule has 0 fully saturated rings. The summed E-state index contributed by atoms with van der Waals surface area (Å²) < 4.78 is 15.4. The molecule has 0 bridgehead atoms. The number of allylic oxidation sites excluding steroid dienone is 1. The van der Waals surface area contributed by atoms with E-state index in [1.54, 1.807) is 36.8 Å². The number of carbonyl (C=O) groups excluding carboxylic acids is 1. The van der Waals surface area contributed by atoms with Crippen molar-refractivity contribution in [3.63, 3.8) is 0 Å². The second-order valence-corrected chi connectivity index (χ2v) is 10.6. The number of para-hydroxylation sites is 1. The van der Waals surface area contributed by atoms with E-state index in [1.165, 1.54) is 11.3 Å². The SMILES string of the molecule is CCCC1=C(C(=O)OCC)[C@H](c2cc(Cl)ccc2OC)n2c(s/c(=C/c3cn(CC)c4ccccc34)c2=O)=N1. The summed E-state index contributed by atoms with van der Waals surface area (Å²) >= 11 is 7.74. The van der Waals surface area contributed by atoms with Crippen LogP contribution in [0.5, 0.6) is 5.75 Å². The molecule has 0 amide bonds. The maximum atomic E-state index is 14.1. The zero-order valence-corrected chi connectivity index (χ0v) is 23.9. The maximum Gasteiger partial charge on any atom is 0.338 e. The van der Waals surface area contributed by atoms with Crippen molar-refractivity contribution in [2.24, 2.45) is 4.99 Å². The van der Waals surface area contributed by atoms with Crippen molar-refractivity contribution in [2.45, 2.75) is 46.2 Å². The highest BCUT2D eigenvalue weighted by atomic mass is 35.5. The van der Waals surface area contributed by atoms with Crippen LogP contribution in [0.1, 0.15) is 50.8 Å². The first-order valence-corrected chi connectivity index (χ1v) is 14.2. The van der Waals surface area contributed by atoms with Gasteiger partial charge in [0.2, 0.25) is 0 Å². The van der Waals surface area contributed by atoms with Crippen LogP contribution in [-0.2, 0) is 16.1 Å². The van der Waals surface area contributed by atoms with Crippen LogP contribution in [-0.4, -0.2) is 28.8 Å². The molecular weight excluding hydrogens is 534 g/mol. The number of fused-ring (bicyclic) bond motifs is 2. The highest BCUT2D eigenvalue weighted by molar-refractivity contribution is 7.07. The fourth-order valence-electron chi connectivity index (χ4n) is 5.13. The van der Waals surface area contributed by atoms with Crippen LogP contribution in [0.2, 0.25) is 5.02 Å². The topological polar surface area (TPSA) is 74.8 Å². The Morgan fingerprint density at radius 1 is 1.18 bits per heavy atom. The summed E-state index contributed by atoms with van der Waals surface area (Å²) in [4.78, 5) is 32.9. The smallest absolute Gasteiger partial charge is 0.338 e. The lowest BCUT2D eigenvalue weighted by molar-refractivity contribution is -0.139. The average Bonchev–Trinajstić information content (AvgIpc) is 3.45. The summed E-state index contributed by atoms with van der Waals surface area (Å²) in [6.07, 6.45) is 5.31. The molecule has 7 nitrogen and oxygen atoms in total. The Balaban J connectivity index is 1.82. The number of ether oxygens (including phenoxy) is 2. The van der Waals surface area contributed by atoms with Crippen LogP contribution in [0.4, 0.5) is 0 Å². The Morgan fingerprint density at radius 2 is 1.97 bits per heavy atom. The quantitative estimate of drug-likeness (QED) is 0.276. The van der Waals surface area contributed by atoms with E-state index < -0.39 is 12.0 Å². The number of hydrogen-bond acceptors (Lipinski definition) is 6. The number of nitrogens with zero attached hydrogens (tertiary/aromatic N) is 3. The van der Waals surface area contributed by atoms with Gasteiger partial charge in [0, 0.05) is 39.8 Å². The highest BCUT2D eigenvalue weighted by Gasteiger charge is 2.36. The van der Waals surface area contributed by atoms with Crippen LogP contribution >= 0.6 is 22.9 Å². The molecule has 2 aromatic heterocycles. The number of hydrogen-bond donors (Lipinski definition) is 0. The van der Waals surface area contributed by atoms with E-state index in [9.17, 15) is 9.59 Å². The molecule has 2 aromatic carbocycles. The van der Waals surface area contributed by atoms with Crippen LogP contribution < -0.4 is 19.6 Å². The second kappa shape index (κ2) is 11.2. The molecule has 0 saturated heterocycles. The molecule has 0 unspecified atom stereocenters. The lowest BCUT2D eigenvalue weighted by Gasteiger charge is -2.27. The first-order chi connectivity index (χ1) is 18.9. The van der Waals surface area contributed by atoms with Gasteiger partial charge in [0.05, 0.1) is 29.5 Å². The molecule has 0 spiro atoms. The molecule has 1 aliphatic rings. The van der Waals surface area contributed by atoms with Crippen molar-refractivity contribution < 1.29 is 14.3 Å². The third kappa shape index (κ3) is 4.83. The molecule has 39 heavy (non-hydrogen) atoms. The van der Waals surface area contributed by atoms with Crippen molar-refractivity contribution in [1.29, 1.82) is 0 Å². The van der Waals surface area contributed by atoms with Gasteiger partial charge in [0.25, 0.3) is 5.56 Å². The number of methoxy groups -OCH3 is 1. The van der Waals surface area contributed by atoms with Crippen molar-refractivity contribution >= 4 is 45.9 Å². The van der Waals surface area contributed by atoms with Crippen molar-refractivity contribution in [3.8, 4) is 5.75 Å². The van der Waals surface area contributed by atoms with Crippen molar-refractivity contribution in [3.05, 3.63) is 95.8 Å². The van der Waals surface area contributed by atoms with Gasteiger partial charge in [0.1, 0.15) is 11.8 Å². The Kier molecular flexibility index (Phi) is 7.77. The summed E-state index contributed by atoms with van der Waals surface area (Å²) in [5.41, 5.74) is 3.37. The molecule has 0 radical (unpaired) electrons. The first-order valence-electron chi connectivity index (χ1n) is 13.0. The van der Waals surface area contributed by atoms with Crippen molar-refractivity contribution in [1.82, 2.24) is 9.13 Å². The number of esters is 1. The van der Waals surface area contributed by atoms with Gasteiger partial charge in [-0.2, -0.15) is 0 Å². The monoisotopic (exact) mass is 563 g/mol. The average molecular weight is 564 g/mol. The molecular formula is C30H30ClN3O4S. The van der Waals surface area contributed by atoms with E-state index in [1.807, 2.05) is 25.1 Å². The molecule has 202 valence electrons. The number of rotatable bonds is 8. The van der Waals surface area contributed by atoms with Gasteiger partial charge in [-0.3, -0.25) is 9.36 Å². The van der Waals surface area contributed by atoms with Gasteiger partial charge in [-0.25, -0.2) is 9.79 Å². The van der Waals surface area contributed by atoms with Crippen LogP contribution in [0, 0.1) is 0 Å². The van der Waals surface area contributed by atoms with E-state index in [4.69, 9.17) is 26.1 Å². The molecule has 1 aliphatic heterocycles. The summed E-state index contributed by atoms with van der Waals surface area (Å²) in [6.45, 7) is 6.89. The van der Waals surface area contributed by atoms with E-state index in [2.05, 4.69) is 29.8 Å².